The van der Waals surface area contributed by atoms with E-state index in [1.54, 1.807) is 0 Å². The first-order valence-electron chi connectivity index (χ1n) is 5.37. The van der Waals surface area contributed by atoms with Gasteiger partial charge in [0.05, 0.1) is 0 Å². The van der Waals surface area contributed by atoms with Gasteiger partial charge < -0.3 is 9.84 Å². The molecule has 0 aromatic carbocycles. The Morgan fingerprint density at radius 1 is 1.47 bits per heavy atom. The molecular formula is C10H17N3OS. The third-order valence-corrected chi connectivity index (χ3v) is 3.91. The highest BCUT2D eigenvalue weighted by atomic mass is 32.2. The predicted octanol–water partition coefficient (Wildman–Crippen LogP) is 2.46. The van der Waals surface area contributed by atoms with Gasteiger partial charge in [-0.3, -0.25) is 0 Å². The maximum atomic E-state index is 5.06. The van der Waals surface area contributed by atoms with Gasteiger partial charge in [-0.25, -0.2) is 0 Å². The second-order valence-electron chi connectivity index (χ2n) is 4.01. The van der Waals surface area contributed by atoms with Crippen LogP contribution in [-0.2, 0) is 0 Å². The Morgan fingerprint density at radius 3 is 3.00 bits per heavy atom. The molecule has 0 amide bonds. The van der Waals surface area contributed by atoms with Crippen molar-refractivity contribution in [1.82, 2.24) is 10.1 Å². The molecular weight excluding hydrogens is 210 g/mol. The van der Waals surface area contributed by atoms with E-state index in [0.29, 0.717) is 17.9 Å². The van der Waals surface area contributed by atoms with Gasteiger partial charge in [0.15, 0.2) is 5.82 Å². The monoisotopic (exact) mass is 227 g/mol. The second-order valence-corrected chi connectivity index (χ2v) is 5.15. The minimum Gasteiger partial charge on any atom is -0.335 e. The summed E-state index contributed by atoms with van der Waals surface area (Å²) >= 11 is 1.96. The first-order valence-corrected chi connectivity index (χ1v) is 6.66. The largest absolute Gasteiger partial charge is 0.335 e. The molecule has 0 radical (unpaired) electrons. The molecule has 0 saturated heterocycles. The highest BCUT2D eigenvalue weighted by molar-refractivity contribution is 7.99. The topological polar surface area (TPSA) is 51.0 Å². The van der Waals surface area contributed by atoms with E-state index in [0.717, 1.165) is 5.25 Å². The van der Waals surface area contributed by atoms with Crippen LogP contribution in [0.2, 0.25) is 0 Å². The van der Waals surface area contributed by atoms with Gasteiger partial charge >= 0.3 is 6.01 Å². The molecule has 1 heterocycles. The summed E-state index contributed by atoms with van der Waals surface area (Å²) in [6.07, 6.45) is 7.21. The van der Waals surface area contributed by atoms with Gasteiger partial charge in [0.25, 0.3) is 0 Å². The lowest BCUT2D eigenvalue weighted by atomic mass is 9.95. The molecule has 2 atom stereocenters. The van der Waals surface area contributed by atoms with Crippen LogP contribution in [0.5, 0.6) is 0 Å². The number of aryl methyl sites for hydroxylation is 1. The van der Waals surface area contributed by atoms with Crippen molar-refractivity contribution in [3.63, 3.8) is 0 Å². The van der Waals surface area contributed by atoms with Crippen LogP contribution in [0.25, 0.3) is 0 Å². The zero-order valence-corrected chi connectivity index (χ0v) is 10.0. The molecule has 0 bridgehead atoms. The third kappa shape index (κ3) is 2.87. The summed E-state index contributed by atoms with van der Waals surface area (Å²) in [5, 5.41) is 7.86. The molecule has 1 aliphatic rings. The molecule has 0 spiro atoms. The van der Waals surface area contributed by atoms with E-state index in [1.807, 2.05) is 18.7 Å². The predicted molar refractivity (Wildman–Crippen MR) is 62.2 cm³/mol. The normalized spacial score (nSPS) is 26.5. The van der Waals surface area contributed by atoms with Crippen LogP contribution in [0.1, 0.15) is 31.5 Å². The van der Waals surface area contributed by atoms with Crippen LogP contribution in [0.3, 0.4) is 0 Å². The van der Waals surface area contributed by atoms with E-state index in [4.69, 9.17) is 4.52 Å². The van der Waals surface area contributed by atoms with Crippen molar-refractivity contribution in [1.29, 1.82) is 0 Å². The summed E-state index contributed by atoms with van der Waals surface area (Å²) in [7, 11) is 0. The Morgan fingerprint density at radius 2 is 2.33 bits per heavy atom. The highest BCUT2D eigenvalue weighted by Gasteiger charge is 2.22. The molecule has 1 N–H and O–H groups in total. The van der Waals surface area contributed by atoms with Crippen molar-refractivity contribution in [3.05, 3.63) is 5.82 Å². The van der Waals surface area contributed by atoms with Crippen LogP contribution < -0.4 is 5.32 Å². The number of rotatable bonds is 3. The van der Waals surface area contributed by atoms with Crippen molar-refractivity contribution < 1.29 is 4.52 Å². The summed E-state index contributed by atoms with van der Waals surface area (Å²) in [6.45, 7) is 1.83. The number of hydrogen-bond acceptors (Lipinski definition) is 5. The Balaban J connectivity index is 1.88. The fourth-order valence-electron chi connectivity index (χ4n) is 2.02. The number of aromatic nitrogens is 2. The average molecular weight is 227 g/mol. The standard InChI is InChI=1S/C10H17N3OS/c1-7-11-10(14-13-7)12-8-4-3-5-9(6-8)15-2/h8-9H,3-6H2,1-2H3,(H,11,12,13). The molecule has 1 saturated carbocycles. The van der Waals surface area contributed by atoms with Crippen LogP contribution >= 0.6 is 11.8 Å². The molecule has 1 fully saturated rings. The summed E-state index contributed by atoms with van der Waals surface area (Å²) in [5.74, 6) is 0.690. The van der Waals surface area contributed by atoms with Gasteiger partial charge in [0.1, 0.15) is 0 Å². The molecule has 84 valence electrons. The fourth-order valence-corrected chi connectivity index (χ4v) is 2.85. The smallest absolute Gasteiger partial charge is 0.321 e. The number of thioether (sulfide) groups is 1. The quantitative estimate of drug-likeness (QED) is 0.859. The average Bonchev–Trinajstić information content (AvgIpc) is 2.64. The van der Waals surface area contributed by atoms with Gasteiger partial charge in [0, 0.05) is 11.3 Å². The molecule has 1 aromatic heterocycles. The Bertz CT molecular complexity index is 315. The lowest BCUT2D eigenvalue weighted by molar-refractivity contribution is 0.406. The minimum absolute atomic E-state index is 0.496. The van der Waals surface area contributed by atoms with E-state index in [2.05, 4.69) is 21.7 Å². The Hall–Kier alpha value is -0.710. The maximum absolute atomic E-state index is 5.06. The van der Waals surface area contributed by atoms with Crippen molar-refractivity contribution in [3.8, 4) is 0 Å². The molecule has 0 aliphatic heterocycles. The van der Waals surface area contributed by atoms with Crippen LogP contribution in [0, 0.1) is 6.92 Å². The lowest BCUT2D eigenvalue weighted by Crippen LogP contribution is -2.28. The summed E-state index contributed by atoms with van der Waals surface area (Å²) in [5.41, 5.74) is 0. The van der Waals surface area contributed by atoms with Gasteiger partial charge in [-0.15, -0.1) is 0 Å². The number of anilines is 1. The van der Waals surface area contributed by atoms with E-state index in [9.17, 15) is 0 Å². The molecule has 5 heteroatoms. The molecule has 1 aromatic rings. The zero-order chi connectivity index (χ0) is 10.7. The maximum Gasteiger partial charge on any atom is 0.321 e. The van der Waals surface area contributed by atoms with E-state index < -0.39 is 0 Å². The summed E-state index contributed by atoms with van der Waals surface area (Å²) in [4.78, 5) is 4.16. The Kier molecular flexibility index (Phi) is 3.51. The lowest BCUT2D eigenvalue weighted by Gasteiger charge is -2.27. The van der Waals surface area contributed by atoms with E-state index in [1.165, 1.54) is 25.7 Å². The van der Waals surface area contributed by atoms with E-state index >= 15 is 0 Å². The second kappa shape index (κ2) is 4.88. The van der Waals surface area contributed by atoms with Crippen molar-refractivity contribution in [2.24, 2.45) is 0 Å². The summed E-state index contributed by atoms with van der Waals surface area (Å²) in [6, 6.07) is 1.07. The summed E-state index contributed by atoms with van der Waals surface area (Å²) < 4.78 is 5.06. The van der Waals surface area contributed by atoms with Crippen molar-refractivity contribution in [2.45, 2.75) is 43.9 Å². The number of nitrogens with one attached hydrogen (secondary N) is 1. The molecule has 2 unspecified atom stereocenters. The van der Waals surface area contributed by atoms with Gasteiger partial charge in [-0.05, 0) is 32.4 Å². The first-order chi connectivity index (χ1) is 7.28. The number of hydrogen-bond donors (Lipinski definition) is 1. The zero-order valence-electron chi connectivity index (χ0n) is 9.19. The highest BCUT2D eigenvalue weighted by Crippen LogP contribution is 2.28. The SMILES string of the molecule is CSC1CCCC(Nc2nc(C)no2)C1. The van der Waals surface area contributed by atoms with Crippen molar-refractivity contribution in [2.75, 3.05) is 11.6 Å². The number of nitrogens with zero attached hydrogens (tertiary/aromatic N) is 2. The van der Waals surface area contributed by atoms with Crippen LogP contribution in [0.15, 0.2) is 4.52 Å². The van der Waals surface area contributed by atoms with Gasteiger partial charge in [-0.2, -0.15) is 16.7 Å². The minimum atomic E-state index is 0.496. The van der Waals surface area contributed by atoms with E-state index in [-0.39, 0.29) is 0 Å². The fraction of sp³-hybridized carbons (Fsp3) is 0.800. The molecule has 15 heavy (non-hydrogen) atoms. The Labute approximate surface area is 94.2 Å². The third-order valence-electron chi connectivity index (χ3n) is 2.81. The van der Waals surface area contributed by atoms with Gasteiger partial charge in [0.2, 0.25) is 0 Å². The molecule has 2 rings (SSSR count). The first kappa shape index (κ1) is 10.8. The van der Waals surface area contributed by atoms with Crippen molar-refractivity contribution >= 4 is 17.8 Å². The molecule has 1 aliphatic carbocycles. The van der Waals surface area contributed by atoms with Crippen LogP contribution in [-0.4, -0.2) is 27.7 Å². The van der Waals surface area contributed by atoms with Gasteiger partial charge in [-0.1, -0.05) is 11.6 Å². The molecule has 4 nitrogen and oxygen atoms in total. The van der Waals surface area contributed by atoms with Crippen LogP contribution in [0.4, 0.5) is 6.01 Å².